The fraction of sp³-hybridized carbons (Fsp3) is 0. The SMILES string of the molecule is Nc1c(Cl)ccc2nnsc12. The van der Waals surface area contributed by atoms with Gasteiger partial charge in [-0.1, -0.05) is 16.1 Å². The Kier molecular flexibility index (Phi) is 1.44. The van der Waals surface area contributed by atoms with E-state index in [4.69, 9.17) is 17.3 Å². The highest BCUT2D eigenvalue weighted by atomic mass is 35.5. The number of anilines is 1. The molecule has 0 amide bonds. The molecule has 3 nitrogen and oxygen atoms in total. The van der Waals surface area contributed by atoms with E-state index in [0.717, 1.165) is 10.2 Å². The lowest BCUT2D eigenvalue weighted by molar-refractivity contribution is 1.20. The molecule has 0 aliphatic carbocycles. The van der Waals surface area contributed by atoms with Crippen LogP contribution >= 0.6 is 23.1 Å². The molecule has 5 heteroatoms. The number of fused-ring (bicyclic) bond motifs is 1. The number of hydrogen-bond acceptors (Lipinski definition) is 4. The molecule has 0 aliphatic rings. The predicted molar refractivity (Wildman–Crippen MR) is 46.8 cm³/mol. The Morgan fingerprint density at radius 2 is 2.27 bits per heavy atom. The second kappa shape index (κ2) is 2.32. The first kappa shape index (κ1) is 6.82. The zero-order valence-corrected chi connectivity index (χ0v) is 6.99. The molecule has 0 fully saturated rings. The van der Waals surface area contributed by atoms with E-state index in [1.807, 2.05) is 0 Å². The summed E-state index contributed by atoms with van der Waals surface area (Å²) in [4.78, 5) is 0. The minimum Gasteiger partial charge on any atom is -0.396 e. The van der Waals surface area contributed by atoms with Crippen LogP contribution in [0.5, 0.6) is 0 Å². The van der Waals surface area contributed by atoms with Gasteiger partial charge < -0.3 is 5.73 Å². The minimum atomic E-state index is 0.559. The zero-order valence-electron chi connectivity index (χ0n) is 5.41. The highest BCUT2D eigenvalue weighted by Gasteiger charge is 2.04. The van der Waals surface area contributed by atoms with Gasteiger partial charge in [-0.25, -0.2) is 0 Å². The van der Waals surface area contributed by atoms with E-state index < -0.39 is 0 Å². The molecule has 2 rings (SSSR count). The normalized spacial score (nSPS) is 10.6. The van der Waals surface area contributed by atoms with Crippen LogP contribution in [0, 0.1) is 0 Å². The van der Waals surface area contributed by atoms with Gasteiger partial charge in [0.1, 0.15) is 5.52 Å². The van der Waals surface area contributed by atoms with E-state index in [2.05, 4.69) is 9.59 Å². The van der Waals surface area contributed by atoms with Crippen molar-refractivity contribution in [2.75, 3.05) is 5.73 Å². The predicted octanol–water partition coefficient (Wildman–Crippen LogP) is 1.93. The fourth-order valence-electron chi connectivity index (χ4n) is 0.844. The lowest BCUT2D eigenvalue weighted by Crippen LogP contribution is -1.85. The van der Waals surface area contributed by atoms with Crippen LogP contribution in [0.1, 0.15) is 0 Å². The zero-order chi connectivity index (χ0) is 7.84. The van der Waals surface area contributed by atoms with Crippen molar-refractivity contribution in [2.45, 2.75) is 0 Å². The van der Waals surface area contributed by atoms with Crippen LogP contribution < -0.4 is 5.73 Å². The standard InChI is InChI=1S/C6H4ClN3S/c7-3-1-2-4-6(5(3)8)11-10-9-4/h1-2H,8H2. The van der Waals surface area contributed by atoms with E-state index in [9.17, 15) is 0 Å². The summed E-state index contributed by atoms with van der Waals surface area (Å²) in [5, 5.41) is 4.41. The molecular weight excluding hydrogens is 182 g/mol. The van der Waals surface area contributed by atoms with Crippen LogP contribution in [0.3, 0.4) is 0 Å². The topological polar surface area (TPSA) is 51.8 Å². The number of benzene rings is 1. The summed E-state index contributed by atoms with van der Waals surface area (Å²) >= 11 is 7.03. The number of aromatic nitrogens is 2. The molecular formula is C6H4ClN3S. The van der Waals surface area contributed by atoms with Gasteiger partial charge >= 0.3 is 0 Å². The molecule has 0 spiro atoms. The highest BCUT2D eigenvalue weighted by molar-refractivity contribution is 7.13. The first-order chi connectivity index (χ1) is 5.29. The third kappa shape index (κ3) is 0.948. The Morgan fingerprint density at radius 3 is 3.09 bits per heavy atom. The quantitative estimate of drug-likeness (QED) is 0.638. The summed E-state index contributed by atoms with van der Waals surface area (Å²) in [6, 6.07) is 3.53. The van der Waals surface area contributed by atoms with Gasteiger partial charge in [-0.3, -0.25) is 0 Å². The molecule has 1 aromatic heterocycles. The third-order valence-electron chi connectivity index (χ3n) is 1.40. The Balaban J connectivity index is 2.93. The Bertz CT molecular complexity index is 398. The van der Waals surface area contributed by atoms with Crippen LogP contribution in [-0.2, 0) is 0 Å². The highest BCUT2D eigenvalue weighted by Crippen LogP contribution is 2.29. The van der Waals surface area contributed by atoms with Gasteiger partial charge in [-0.05, 0) is 23.7 Å². The molecule has 2 N–H and O–H groups in total. The van der Waals surface area contributed by atoms with Crippen molar-refractivity contribution < 1.29 is 0 Å². The van der Waals surface area contributed by atoms with E-state index in [0.29, 0.717) is 10.7 Å². The van der Waals surface area contributed by atoms with Crippen molar-refractivity contribution in [3.05, 3.63) is 17.2 Å². The molecule has 0 saturated heterocycles. The van der Waals surface area contributed by atoms with Crippen molar-refractivity contribution in [3.63, 3.8) is 0 Å². The maximum absolute atomic E-state index is 5.77. The largest absolute Gasteiger partial charge is 0.396 e. The smallest absolute Gasteiger partial charge is 0.108 e. The number of rotatable bonds is 0. The molecule has 0 unspecified atom stereocenters. The lowest BCUT2D eigenvalue weighted by Gasteiger charge is -1.94. The van der Waals surface area contributed by atoms with E-state index in [1.165, 1.54) is 11.5 Å². The monoisotopic (exact) mass is 185 g/mol. The van der Waals surface area contributed by atoms with E-state index in [1.54, 1.807) is 12.1 Å². The number of hydrogen-bond donors (Lipinski definition) is 1. The van der Waals surface area contributed by atoms with Gasteiger partial charge in [-0.15, -0.1) is 5.10 Å². The number of nitrogens with zero attached hydrogens (tertiary/aromatic N) is 2. The summed E-state index contributed by atoms with van der Waals surface area (Å²) in [6.07, 6.45) is 0. The number of halogens is 1. The first-order valence-electron chi connectivity index (χ1n) is 2.95. The van der Waals surface area contributed by atoms with E-state index >= 15 is 0 Å². The number of nitrogen functional groups attached to an aromatic ring is 1. The molecule has 2 aromatic rings. The summed E-state index contributed by atoms with van der Waals surface area (Å²) < 4.78 is 4.62. The average molecular weight is 186 g/mol. The minimum absolute atomic E-state index is 0.559. The van der Waals surface area contributed by atoms with Gasteiger partial charge in [-0.2, -0.15) is 0 Å². The molecule has 1 aromatic carbocycles. The molecule has 0 bridgehead atoms. The summed E-state index contributed by atoms with van der Waals surface area (Å²) in [7, 11) is 0. The molecule has 0 aliphatic heterocycles. The molecule has 1 heterocycles. The van der Waals surface area contributed by atoms with E-state index in [-0.39, 0.29) is 0 Å². The van der Waals surface area contributed by atoms with Crippen molar-refractivity contribution in [2.24, 2.45) is 0 Å². The van der Waals surface area contributed by atoms with Crippen LogP contribution in [0.4, 0.5) is 5.69 Å². The van der Waals surface area contributed by atoms with Crippen LogP contribution in [0.2, 0.25) is 5.02 Å². The molecule has 0 saturated carbocycles. The fourth-order valence-corrected chi connectivity index (χ4v) is 1.68. The number of nitrogens with two attached hydrogens (primary N) is 1. The Labute approximate surface area is 71.9 Å². The van der Waals surface area contributed by atoms with Crippen molar-refractivity contribution >= 4 is 39.0 Å². The van der Waals surface area contributed by atoms with Gasteiger partial charge in [0.25, 0.3) is 0 Å². The van der Waals surface area contributed by atoms with Gasteiger partial charge in [0.2, 0.25) is 0 Å². The Morgan fingerprint density at radius 1 is 1.45 bits per heavy atom. The van der Waals surface area contributed by atoms with Crippen molar-refractivity contribution in [1.82, 2.24) is 9.59 Å². The molecule has 56 valence electrons. The summed E-state index contributed by atoms with van der Waals surface area (Å²) in [5.74, 6) is 0. The third-order valence-corrected chi connectivity index (χ3v) is 2.51. The van der Waals surface area contributed by atoms with Crippen molar-refractivity contribution in [3.8, 4) is 0 Å². The molecule has 0 atom stereocenters. The van der Waals surface area contributed by atoms with Gasteiger partial charge in [0.05, 0.1) is 15.4 Å². The second-order valence-corrected chi connectivity index (χ2v) is 3.24. The molecule has 0 radical (unpaired) electrons. The van der Waals surface area contributed by atoms with Gasteiger partial charge in [0.15, 0.2) is 0 Å². The van der Waals surface area contributed by atoms with Crippen LogP contribution in [-0.4, -0.2) is 9.59 Å². The second-order valence-electron chi connectivity index (χ2n) is 2.08. The first-order valence-corrected chi connectivity index (χ1v) is 4.10. The van der Waals surface area contributed by atoms with Gasteiger partial charge in [0, 0.05) is 0 Å². The van der Waals surface area contributed by atoms with Crippen LogP contribution in [0.25, 0.3) is 10.2 Å². The lowest BCUT2D eigenvalue weighted by atomic mass is 10.3. The van der Waals surface area contributed by atoms with Crippen molar-refractivity contribution in [1.29, 1.82) is 0 Å². The summed E-state index contributed by atoms with van der Waals surface area (Å²) in [5.41, 5.74) is 7.03. The Hall–Kier alpha value is -0.870. The maximum atomic E-state index is 5.77. The van der Waals surface area contributed by atoms with Crippen LogP contribution in [0.15, 0.2) is 12.1 Å². The average Bonchev–Trinajstić information content (AvgIpc) is 2.45. The molecule has 11 heavy (non-hydrogen) atoms. The summed E-state index contributed by atoms with van der Waals surface area (Å²) in [6.45, 7) is 0. The maximum Gasteiger partial charge on any atom is 0.108 e.